The van der Waals surface area contributed by atoms with Crippen molar-refractivity contribution in [2.24, 2.45) is 0 Å². The van der Waals surface area contributed by atoms with Crippen LogP contribution in [0.1, 0.15) is 5.56 Å². The summed E-state index contributed by atoms with van der Waals surface area (Å²) >= 11 is 0. The molecular weight excluding hydrogens is 250 g/mol. The molecule has 6 heteroatoms. The smallest absolute Gasteiger partial charge is 0.261 e. The Hall–Kier alpha value is -2.08. The summed E-state index contributed by atoms with van der Waals surface area (Å²) < 4.78 is 26.7. The van der Waals surface area contributed by atoms with Crippen LogP contribution in [0.15, 0.2) is 47.6 Å². The van der Waals surface area contributed by atoms with E-state index in [1.165, 1.54) is 18.3 Å². The van der Waals surface area contributed by atoms with Gasteiger partial charge in [0.25, 0.3) is 10.0 Å². The van der Waals surface area contributed by atoms with Crippen molar-refractivity contribution in [3.05, 3.63) is 48.3 Å². The van der Waals surface area contributed by atoms with Gasteiger partial charge in [-0.25, -0.2) is 8.42 Å². The van der Waals surface area contributed by atoms with Crippen LogP contribution in [0.2, 0.25) is 0 Å². The van der Waals surface area contributed by atoms with E-state index in [-0.39, 0.29) is 4.90 Å². The van der Waals surface area contributed by atoms with E-state index in [0.717, 1.165) is 5.56 Å². The summed E-state index contributed by atoms with van der Waals surface area (Å²) in [7, 11) is -3.59. The lowest BCUT2D eigenvalue weighted by Gasteiger charge is -2.10. The van der Waals surface area contributed by atoms with Crippen LogP contribution in [0.25, 0.3) is 0 Å². The van der Waals surface area contributed by atoms with Gasteiger partial charge in [0.2, 0.25) is 0 Å². The van der Waals surface area contributed by atoms with Crippen LogP contribution in [0.3, 0.4) is 0 Å². The lowest BCUT2D eigenvalue weighted by atomic mass is 10.3. The van der Waals surface area contributed by atoms with Gasteiger partial charge in [0, 0.05) is 18.1 Å². The second-order valence-corrected chi connectivity index (χ2v) is 5.55. The van der Waals surface area contributed by atoms with Gasteiger partial charge < -0.3 is 5.73 Å². The fraction of sp³-hybridized carbons (Fsp3) is 0.0833. The summed E-state index contributed by atoms with van der Waals surface area (Å²) in [5.41, 5.74) is 7.32. The van der Waals surface area contributed by atoms with Crippen molar-refractivity contribution in [3.8, 4) is 0 Å². The lowest BCUT2D eigenvalue weighted by molar-refractivity contribution is 0.601. The highest BCUT2D eigenvalue weighted by molar-refractivity contribution is 7.92. The molecule has 94 valence electrons. The topological polar surface area (TPSA) is 85.1 Å². The molecule has 2 aromatic rings. The van der Waals surface area contributed by atoms with Gasteiger partial charge in [0.1, 0.15) is 0 Å². The third-order valence-electron chi connectivity index (χ3n) is 2.46. The molecule has 1 aromatic carbocycles. The number of sulfonamides is 1. The van der Waals surface area contributed by atoms with E-state index < -0.39 is 10.0 Å². The molecule has 0 fully saturated rings. The van der Waals surface area contributed by atoms with E-state index in [0.29, 0.717) is 11.4 Å². The summed E-state index contributed by atoms with van der Waals surface area (Å²) in [6.07, 6.45) is 3.13. The van der Waals surface area contributed by atoms with Crippen LogP contribution in [-0.2, 0) is 10.0 Å². The van der Waals surface area contributed by atoms with Crippen molar-refractivity contribution >= 4 is 21.4 Å². The number of aromatic nitrogens is 1. The van der Waals surface area contributed by atoms with Crippen molar-refractivity contribution in [3.63, 3.8) is 0 Å². The molecular formula is C12H13N3O2S. The van der Waals surface area contributed by atoms with Crippen LogP contribution in [-0.4, -0.2) is 13.4 Å². The SMILES string of the molecule is Cc1cnccc1NS(=O)(=O)c1ccc(N)cc1. The number of pyridine rings is 1. The molecule has 0 saturated carbocycles. The molecule has 1 heterocycles. The van der Waals surface area contributed by atoms with Crippen LogP contribution >= 0.6 is 0 Å². The first-order valence-electron chi connectivity index (χ1n) is 5.28. The average molecular weight is 263 g/mol. The van der Waals surface area contributed by atoms with Crippen molar-refractivity contribution in [1.29, 1.82) is 0 Å². The van der Waals surface area contributed by atoms with Crippen molar-refractivity contribution in [2.45, 2.75) is 11.8 Å². The Morgan fingerprint density at radius 3 is 2.44 bits per heavy atom. The monoisotopic (exact) mass is 263 g/mol. The molecule has 1 aromatic heterocycles. The highest BCUT2D eigenvalue weighted by Gasteiger charge is 2.14. The summed E-state index contributed by atoms with van der Waals surface area (Å²) in [4.78, 5) is 4.08. The molecule has 0 radical (unpaired) electrons. The minimum Gasteiger partial charge on any atom is -0.399 e. The number of rotatable bonds is 3. The fourth-order valence-electron chi connectivity index (χ4n) is 1.44. The molecule has 3 N–H and O–H groups in total. The first-order chi connectivity index (χ1) is 8.49. The quantitative estimate of drug-likeness (QED) is 0.826. The Kier molecular flexibility index (Phi) is 3.20. The summed E-state index contributed by atoms with van der Waals surface area (Å²) in [5, 5.41) is 0. The van der Waals surface area contributed by atoms with Crippen LogP contribution in [0, 0.1) is 6.92 Å². The zero-order valence-corrected chi connectivity index (χ0v) is 10.6. The van der Waals surface area contributed by atoms with Crippen molar-refractivity contribution in [1.82, 2.24) is 4.98 Å². The second-order valence-electron chi connectivity index (χ2n) is 3.87. The zero-order valence-electron chi connectivity index (χ0n) is 9.79. The van der Waals surface area contributed by atoms with E-state index in [4.69, 9.17) is 5.73 Å². The molecule has 0 aliphatic rings. The molecule has 0 unspecified atom stereocenters. The minimum atomic E-state index is -3.59. The third kappa shape index (κ3) is 2.60. The van der Waals surface area contributed by atoms with Gasteiger partial charge in [0.15, 0.2) is 0 Å². The number of benzene rings is 1. The molecule has 0 aliphatic carbocycles. The average Bonchev–Trinajstić information content (AvgIpc) is 2.32. The van der Waals surface area contributed by atoms with Crippen LogP contribution in [0.5, 0.6) is 0 Å². The lowest BCUT2D eigenvalue weighted by Crippen LogP contribution is -2.13. The highest BCUT2D eigenvalue weighted by Crippen LogP contribution is 2.19. The number of hydrogen-bond acceptors (Lipinski definition) is 4. The van der Waals surface area contributed by atoms with E-state index >= 15 is 0 Å². The summed E-state index contributed by atoms with van der Waals surface area (Å²) in [6, 6.07) is 7.65. The highest BCUT2D eigenvalue weighted by atomic mass is 32.2. The Morgan fingerprint density at radius 1 is 1.17 bits per heavy atom. The number of anilines is 2. The molecule has 18 heavy (non-hydrogen) atoms. The minimum absolute atomic E-state index is 0.174. The molecule has 5 nitrogen and oxygen atoms in total. The predicted molar refractivity (Wildman–Crippen MR) is 70.6 cm³/mol. The van der Waals surface area contributed by atoms with Crippen molar-refractivity contribution in [2.75, 3.05) is 10.5 Å². The van der Waals surface area contributed by atoms with Gasteiger partial charge in [-0.1, -0.05) is 0 Å². The van der Waals surface area contributed by atoms with E-state index in [1.807, 2.05) is 0 Å². The number of nitrogens with one attached hydrogen (secondary N) is 1. The standard InChI is InChI=1S/C12H13N3O2S/c1-9-8-14-7-6-12(9)15-18(16,17)11-4-2-10(13)3-5-11/h2-8H,13H2,1H3,(H,14,15). The number of nitrogens with two attached hydrogens (primary N) is 1. The number of aryl methyl sites for hydroxylation is 1. The van der Waals surface area contributed by atoms with Gasteiger partial charge in [0.05, 0.1) is 10.6 Å². The maximum absolute atomic E-state index is 12.1. The second kappa shape index (κ2) is 4.66. The van der Waals surface area contributed by atoms with E-state index in [9.17, 15) is 8.42 Å². The fourth-order valence-corrected chi connectivity index (χ4v) is 2.57. The first kappa shape index (κ1) is 12.4. The maximum Gasteiger partial charge on any atom is 0.261 e. The predicted octanol–water partition coefficient (Wildman–Crippen LogP) is 1.77. The maximum atomic E-state index is 12.1. The number of nitrogen functional groups attached to an aromatic ring is 1. The van der Waals surface area contributed by atoms with Crippen molar-refractivity contribution < 1.29 is 8.42 Å². The Balaban J connectivity index is 2.33. The Bertz CT molecular complexity index is 651. The molecule has 0 spiro atoms. The third-order valence-corrected chi connectivity index (χ3v) is 3.84. The number of hydrogen-bond donors (Lipinski definition) is 2. The number of nitrogens with zero attached hydrogens (tertiary/aromatic N) is 1. The van der Waals surface area contributed by atoms with Gasteiger partial charge in [-0.3, -0.25) is 9.71 Å². The molecule has 2 rings (SSSR count). The van der Waals surface area contributed by atoms with Gasteiger partial charge >= 0.3 is 0 Å². The Labute approximate surface area is 106 Å². The van der Waals surface area contributed by atoms with E-state index in [2.05, 4.69) is 9.71 Å². The first-order valence-corrected chi connectivity index (χ1v) is 6.76. The molecule has 0 amide bonds. The largest absolute Gasteiger partial charge is 0.399 e. The summed E-state index contributed by atoms with van der Waals surface area (Å²) in [5.74, 6) is 0. The van der Waals surface area contributed by atoms with Gasteiger partial charge in [-0.15, -0.1) is 0 Å². The molecule has 0 aliphatic heterocycles. The van der Waals surface area contributed by atoms with Gasteiger partial charge in [-0.05, 0) is 42.8 Å². The van der Waals surface area contributed by atoms with Gasteiger partial charge in [-0.2, -0.15) is 0 Å². The summed E-state index contributed by atoms with van der Waals surface area (Å²) in [6.45, 7) is 1.79. The zero-order chi connectivity index (χ0) is 13.2. The molecule has 0 saturated heterocycles. The normalized spacial score (nSPS) is 11.2. The van der Waals surface area contributed by atoms with Crippen LogP contribution < -0.4 is 10.5 Å². The Morgan fingerprint density at radius 2 is 1.83 bits per heavy atom. The van der Waals surface area contributed by atoms with Crippen LogP contribution in [0.4, 0.5) is 11.4 Å². The van der Waals surface area contributed by atoms with E-state index in [1.54, 1.807) is 31.3 Å². The molecule has 0 bridgehead atoms. The molecule has 0 atom stereocenters.